The third-order valence-corrected chi connectivity index (χ3v) is 3.22. The second-order valence-electron chi connectivity index (χ2n) is 4.65. The number of pyridine rings is 1. The van der Waals surface area contributed by atoms with Gasteiger partial charge in [0.15, 0.2) is 5.82 Å². The zero-order chi connectivity index (χ0) is 14.3. The topological polar surface area (TPSA) is 63.8 Å². The highest BCUT2D eigenvalue weighted by Gasteiger charge is 2.14. The Kier molecular flexibility index (Phi) is 4.33. The molecule has 3 rings (SSSR count). The average Bonchev–Trinajstić information content (AvgIpc) is 3.07. The van der Waals surface area contributed by atoms with Crippen LogP contribution in [0, 0.1) is 0 Å². The SMILES string of the molecule is c1ccc(C(NCCc2ncon2)c2ccccn2)cc1. The Bertz CT molecular complexity index is 601. The minimum Gasteiger partial charge on any atom is -0.343 e. The van der Waals surface area contributed by atoms with E-state index in [9.17, 15) is 0 Å². The van der Waals surface area contributed by atoms with Gasteiger partial charge in [0.2, 0.25) is 6.39 Å². The third kappa shape index (κ3) is 3.52. The summed E-state index contributed by atoms with van der Waals surface area (Å²) >= 11 is 0. The Labute approximate surface area is 123 Å². The van der Waals surface area contributed by atoms with E-state index in [0.717, 1.165) is 12.2 Å². The van der Waals surface area contributed by atoms with Crippen LogP contribution >= 0.6 is 0 Å². The molecule has 0 aliphatic rings. The fraction of sp³-hybridized carbons (Fsp3) is 0.188. The zero-order valence-corrected chi connectivity index (χ0v) is 11.5. The molecule has 2 heterocycles. The zero-order valence-electron chi connectivity index (χ0n) is 11.5. The fourth-order valence-corrected chi connectivity index (χ4v) is 2.22. The molecule has 1 aromatic carbocycles. The Morgan fingerprint density at radius 2 is 1.86 bits per heavy atom. The second kappa shape index (κ2) is 6.76. The summed E-state index contributed by atoms with van der Waals surface area (Å²) in [6, 6.07) is 16.3. The summed E-state index contributed by atoms with van der Waals surface area (Å²) < 4.78 is 4.74. The first-order valence-corrected chi connectivity index (χ1v) is 6.88. The Balaban J connectivity index is 1.73. The van der Waals surface area contributed by atoms with E-state index in [2.05, 4.69) is 32.6 Å². The molecule has 0 spiro atoms. The smallest absolute Gasteiger partial charge is 0.213 e. The van der Waals surface area contributed by atoms with Crippen molar-refractivity contribution in [3.8, 4) is 0 Å². The number of aromatic nitrogens is 3. The lowest BCUT2D eigenvalue weighted by atomic mass is 10.0. The van der Waals surface area contributed by atoms with Gasteiger partial charge in [0.05, 0.1) is 11.7 Å². The van der Waals surface area contributed by atoms with Crippen molar-refractivity contribution in [3.63, 3.8) is 0 Å². The monoisotopic (exact) mass is 280 g/mol. The summed E-state index contributed by atoms with van der Waals surface area (Å²) in [5.41, 5.74) is 2.18. The lowest BCUT2D eigenvalue weighted by molar-refractivity contribution is 0.408. The molecule has 0 aliphatic heterocycles. The molecule has 21 heavy (non-hydrogen) atoms. The van der Waals surface area contributed by atoms with Crippen LogP contribution in [0.15, 0.2) is 65.6 Å². The van der Waals surface area contributed by atoms with E-state index in [4.69, 9.17) is 4.52 Å². The standard InChI is InChI=1S/C16H16N4O/c1-2-6-13(7-3-1)16(14-8-4-5-10-17-14)18-11-9-15-19-12-21-20-15/h1-8,10,12,16,18H,9,11H2. The molecule has 0 bridgehead atoms. The Morgan fingerprint density at radius 1 is 1.00 bits per heavy atom. The molecule has 3 aromatic rings. The van der Waals surface area contributed by atoms with E-state index in [1.54, 1.807) is 0 Å². The number of benzene rings is 1. The van der Waals surface area contributed by atoms with Gasteiger partial charge < -0.3 is 9.84 Å². The molecule has 0 radical (unpaired) electrons. The molecule has 0 amide bonds. The average molecular weight is 280 g/mol. The van der Waals surface area contributed by atoms with Gasteiger partial charge in [0.1, 0.15) is 0 Å². The second-order valence-corrected chi connectivity index (χ2v) is 4.65. The summed E-state index contributed by atoms with van der Waals surface area (Å²) in [6.45, 7) is 0.746. The minimum atomic E-state index is 0.0549. The lowest BCUT2D eigenvalue weighted by Gasteiger charge is -2.18. The maximum Gasteiger partial charge on any atom is 0.213 e. The van der Waals surface area contributed by atoms with Crippen molar-refractivity contribution in [2.75, 3.05) is 6.54 Å². The van der Waals surface area contributed by atoms with Gasteiger partial charge in [-0.15, -0.1) is 0 Å². The molecule has 1 unspecified atom stereocenters. The molecule has 1 atom stereocenters. The van der Waals surface area contributed by atoms with Gasteiger partial charge in [-0.05, 0) is 17.7 Å². The van der Waals surface area contributed by atoms with E-state index in [1.807, 2.05) is 42.6 Å². The van der Waals surface area contributed by atoms with Gasteiger partial charge in [-0.1, -0.05) is 41.6 Å². The molecule has 106 valence electrons. The maximum atomic E-state index is 4.74. The van der Waals surface area contributed by atoms with Crippen LogP contribution < -0.4 is 5.32 Å². The van der Waals surface area contributed by atoms with Crippen LogP contribution in [-0.4, -0.2) is 21.7 Å². The highest BCUT2D eigenvalue weighted by Crippen LogP contribution is 2.19. The Morgan fingerprint density at radius 3 is 2.57 bits per heavy atom. The number of nitrogens with one attached hydrogen (secondary N) is 1. The van der Waals surface area contributed by atoms with Gasteiger partial charge in [0, 0.05) is 19.2 Å². The first-order chi connectivity index (χ1) is 10.4. The molecular weight excluding hydrogens is 264 g/mol. The normalized spacial score (nSPS) is 12.2. The van der Waals surface area contributed by atoms with Crippen LogP contribution in [0.1, 0.15) is 23.1 Å². The summed E-state index contributed by atoms with van der Waals surface area (Å²) in [6.07, 6.45) is 3.88. The maximum absolute atomic E-state index is 4.74. The van der Waals surface area contributed by atoms with Crippen LogP contribution in [0.4, 0.5) is 0 Å². The van der Waals surface area contributed by atoms with Crippen molar-refractivity contribution in [1.82, 2.24) is 20.4 Å². The third-order valence-electron chi connectivity index (χ3n) is 3.22. The highest BCUT2D eigenvalue weighted by atomic mass is 16.5. The first-order valence-electron chi connectivity index (χ1n) is 6.88. The van der Waals surface area contributed by atoms with Gasteiger partial charge in [-0.25, -0.2) is 0 Å². The Hall–Kier alpha value is -2.53. The van der Waals surface area contributed by atoms with E-state index in [-0.39, 0.29) is 6.04 Å². The van der Waals surface area contributed by atoms with Crippen LogP contribution in [-0.2, 0) is 6.42 Å². The molecule has 0 fully saturated rings. The molecule has 0 saturated carbocycles. The van der Waals surface area contributed by atoms with E-state index in [1.165, 1.54) is 12.0 Å². The van der Waals surface area contributed by atoms with Gasteiger partial charge in [0.25, 0.3) is 0 Å². The van der Waals surface area contributed by atoms with E-state index >= 15 is 0 Å². The lowest BCUT2D eigenvalue weighted by Crippen LogP contribution is -2.25. The summed E-state index contributed by atoms with van der Waals surface area (Å²) in [5, 5.41) is 7.32. The van der Waals surface area contributed by atoms with Crippen LogP contribution in [0.5, 0.6) is 0 Å². The molecule has 5 nitrogen and oxygen atoms in total. The molecule has 1 N–H and O–H groups in total. The number of hydrogen-bond acceptors (Lipinski definition) is 5. The van der Waals surface area contributed by atoms with Gasteiger partial charge in [-0.2, -0.15) is 4.98 Å². The number of nitrogens with zero attached hydrogens (tertiary/aromatic N) is 3. The highest BCUT2D eigenvalue weighted by molar-refractivity contribution is 5.27. The van der Waals surface area contributed by atoms with Crippen LogP contribution in [0.25, 0.3) is 0 Å². The molecule has 0 aliphatic carbocycles. The predicted molar refractivity (Wildman–Crippen MR) is 78.5 cm³/mol. The summed E-state index contributed by atoms with van der Waals surface area (Å²) in [4.78, 5) is 8.48. The number of rotatable bonds is 6. The summed E-state index contributed by atoms with van der Waals surface area (Å²) in [5.74, 6) is 0.704. The van der Waals surface area contributed by atoms with Crippen molar-refractivity contribution in [3.05, 3.63) is 78.2 Å². The van der Waals surface area contributed by atoms with E-state index in [0.29, 0.717) is 12.2 Å². The molecular formula is C16H16N4O. The quantitative estimate of drug-likeness (QED) is 0.751. The van der Waals surface area contributed by atoms with E-state index < -0.39 is 0 Å². The van der Waals surface area contributed by atoms with Crippen molar-refractivity contribution < 1.29 is 4.52 Å². The summed E-state index contributed by atoms with van der Waals surface area (Å²) in [7, 11) is 0. The van der Waals surface area contributed by atoms with Crippen molar-refractivity contribution in [1.29, 1.82) is 0 Å². The predicted octanol–water partition coefficient (Wildman–Crippen LogP) is 2.39. The molecule has 2 aromatic heterocycles. The minimum absolute atomic E-state index is 0.0549. The molecule has 5 heteroatoms. The number of hydrogen-bond donors (Lipinski definition) is 1. The van der Waals surface area contributed by atoms with Crippen molar-refractivity contribution >= 4 is 0 Å². The van der Waals surface area contributed by atoms with Crippen molar-refractivity contribution in [2.24, 2.45) is 0 Å². The fourth-order valence-electron chi connectivity index (χ4n) is 2.22. The molecule has 0 saturated heterocycles. The first kappa shape index (κ1) is 13.5. The van der Waals surface area contributed by atoms with Gasteiger partial charge >= 0.3 is 0 Å². The van der Waals surface area contributed by atoms with Crippen LogP contribution in [0.2, 0.25) is 0 Å². The largest absolute Gasteiger partial charge is 0.343 e. The van der Waals surface area contributed by atoms with Crippen molar-refractivity contribution in [2.45, 2.75) is 12.5 Å². The van der Waals surface area contributed by atoms with Gasteiger partial charge in [-0.3, -0.25) is 4.98 Å². The van der Waals surface area contributed by atoms with Crippen LogP contribution in [0.3, 0.4) is 0 Å².